The number of para-hydroxylation sites is 1. The summed E-state index contributed by atoms with van der Waals surface area (Å²) in [4.78, 5) is 4.71. The highest BCUT2D eigenvalue weighted by Gasteiger charge is 2.11. The van der Waals surface area contributed by atoms with Gasteiger partial charge in [-0.2, -0.15) is 0 Å². The van der Waals surface area contributed by atoms with Crippen molar-refractivity contribution in [2.75, 3.05) is 5.88 Å². The molecule has 1 heterocycles. The van der Waals surface area contributed by atoms with Gasteiger partial charge in [0.25, 0.3) is 0 Å². The van der Waals surface area contributed by atoms with Crippen molar-refractivity contribution in [2.45, 2.75) is 6.42 Å². The molecule has 0 unspecified atom stereocenters. The van der Waals surface area contributed by atoms with Crippen molar-refractivity contribution in [3.8, 4) is 5.69 Å². The zero-order valence-corrected chi connectivity index (χ0v) is 13.1. The Morgan fingerprint density at radius 1 is 1.11 bits per heavy atom. The average molecular weight is 383 g/mol. The summed E-state index contributed by atoms with van der Waals surface area (Å²) >= 11 is 8.21. The van der Waals surface area contributed by atoms with E-state index in [1.165, 1.54) is 3.57 Å². The van der Waals surface area contributed by atoms with Crippen LogP contribution < -0.4 is 0 Å². The van der Waals surface area contributed by atoms with Gasteiger partial charge in [-0.1, -0.05) is 18.2 Å². The monoisotopic (exact) mass is 382 g/mol. The topological polar surface area (TPSA) is 17.8 Å². The summed E-state index contributed by atoms with van der Waals surface area (Å²) in [5, 5.41) is 0. The molecule has 19 heavy (non-hydrogen) atoms. The molecular formula is C15H12ClIN2. The van der Waals surface area contributed by atoms with Crippen LogP contribution in [-0.4, -0.2) is 15.4 Å². The first-order chi connectivity index (χ1) is 9.29. The Morgan fingerprint density at radius 3 is 2.63 bits per heavy atom. The highest BCUT2D eigenvalue weighted by molar-refractivity contribution is 14.1. The van der Waals surface area contributed by atoms with Crippen LogP contribution in [0.5, 0.6) is 0 Å². The van der Waals surface area contributed by atoms with Crippen LogP contribution >= 0.6 is 34.2 Å². The molecule has 2 aromatic carbocycles. The summed E-state index contributed by atoms with van der Waals surface area (Å²) < 4.78 is 3.38. The first kappa shape index (κ1) is 12.9. The molecular weight excluding hydrogens is 371 g/mol. The third-order valence-electron chi connectivity index (χ3n) is 3.02. The quantitative estimate of drug-likeness (QED) is 0.484. The predicted octanol–water partition coefficient (Wildman–Crippen LogP) is 4.41. The van der Waals surface area contributed by atoms with Crippen LogP contribution in [0.15, 0.2) is 48.5 Å². The number of benzene rings is 2. The van der Waals surface area contributed by atoms with Gasteiger partial charge in [-0.15, -0.1) is 11.6 Å². The lowest BCUT2D eigenvalue weighted by Crippen LogP contribution is -2.01. The van der Waals surface area contributed by atoms with Gasteiger partial charge in [0.15, 0.2) is 0 Å². The van der Waals surface area contributed by atoms with Gasteiger partial charge in [-0.05, 0) is 52.9 Å². The van der Waals surface area contributed by atoms with E-state index in [2.05, 4.69) is 57.5 Å². The number of hydrogen-bond acceptors (Lipinski definition) is 1. The Hall–Kier alpha value is -1.07. The minimum absolute atomic E-state index is 0.577. The number of aromatic nitrogens is 2. The minimum Gasteiger partial charge on any atom is -0.296 e. The number of rotatable bonds is 3. The van der Waals surface area contributed by atoms with E-state index in [1.807, 2.05) is 18.2 Å². The molecule has 0 aliphatic rings. The number of imidazole rings is 1. The second-order valence-electron chi connectivity index (χ2n) is 4.27. The molecule has 3 aromatic rings. The molecule has 0 fully saturated rings. The van der Waals surface area contributed by atoms with Crippen LogP contribution in [0.25, 0.3) is 16.7 Å². The molecule has 0 saturated carbocycles. The van der Waals surface area contributed by atoms with E-state index in [-0.39, 0.29) is 0 Å². The maximum atomic E-state index is 5.90. The van der Waals surface area contributed by atoms with E-state index in [4.69, 9.17) is 16.6 Å². The molecule has 0 atom stereocenters. The van der Waals surface area contributed by atoms with Gasteiger partial charge in [0.1, 0.15) is 5.82 Å². The second kappa shape index (κ2) is 5.51. The van der Waals surface area contributed by atoms with Crippen molar-refractivity contribution in [1.82, 2.24) is 9.55 Å². The molecule has 0 spiro atoms. The number of alkyl halides is 1. The minimum atomic E-state index is 0.577. The van der Waals surface area contributed by atoms with Crippen LogP contribution in [-0.2, 0) is 6.42 Å². The summed E-state index contributed by atoms with van der Waals surface area (Å²) in [6, 6.07) is 16.6. The zero-order valence-electron chi connectivity index (χ0n) is 10.2. The molecule has 2 nitrogen and oxygen atoms in total. The lowest BCUT2D eigenvalue weighted by molar-refractivity contribution is 0.912. The standard InChI is InChI=1S/C15H12ClIN2/c16-9-8-15-18-13-10-11(17)6-7-14(13)19(15)12-4-2-1-3-5-12/h1-7,10H,8-9H2. The molecule has 0 bridgehead atoms. The van der Waals surface area contributed by atoms with Crippen molar-refractivity contribution >= 4 is 45.2 Å². The van der Waals surface area contributed by atoms with Crippen LogP contribution in [0, 0.1) is 3.57 Å². The Labute approximate surface area is 130 Å². The van der Waals surface area contributed by atoms with E-state index in [0.29, 0.717) is 5.88 Å². The van der Waals surface area contributed by atoms with Crippen LogP contribution in [0.4, 0.5) is 0 Å². The van der Waals surface area contributed by atoms with Crippen molar-refractivity contribution in [2.24, 2.45) is 0 Å². The van der Waals surface area contributed by atoms with E-state index in [9.17, 15) is 0 Å². The fraction of sp³-hybridized carbons (Fsp3) is 0.133. The first-order valence-electron chi connectivity index (χ1n) is 6.08. The summed E-state index contributed by atoms with van der Waals surface area (Å²) in [5.41, 5.74) is 3.29. The molecule has 0 radical (unpaired) electrons. The Morgan fingerprint density at radius 2 is 1.89 bits per heavy atom. The molecule has 0 N–H and O–H groups in total. The number of nitrogens with zero attached hydrogens (tertiary/aromatic N) is 2. The van der Waals surface area contributed by atoms with Crippen molar-refractivity contribution in [1.29, 1.82) is 0 Å². The fourth-order valence-electron chi connectivity index (χ4n) is 2.22. The third kappa shape index (κ3) is 2.49. The van der Waals surface area contributed by atoms with Crippen LogP contribution in [0.1, 0.15) is 5.82 Å². The van der Waals surface area contributed by atoms with Crippen molar-refractivity contribution in [3.05, 3.63) is 57.9 Å². The summed E-state index contributed by atoms with van der Waals surface area (Å²) in [6.07, 6.45) is 0.766. The fourth-order valence-corrected chi connectivity index (χ4v) is 2.86. The number of halogens is 2. The van der Waals surface area contributed by atoms with Gasteiger partial charge < -0.3 is 0 Å². The highest BCUT2D eigenvalue weighted by atomic mass is 127. The van der Waals surface area contributed by atoms with E-state index < -0.39 is 0 Å². The lowest BCUT2D eigenvalue weighted by Gasteiger charge is -2.08. The molecule has 96 valence electrons. The normalized spacial score (nSPS) is 11.1. The van der Waals surface area contributed by atoms with Gasteiger partial charge in [-0.3, -0.25) is 4.57 Å². The summed E-state index contributed by atoms with van der Waals surface area (Å²) in [6.45, 7) is 0. The first-order valence-corrected chi connectivity index (χ1v) is 7.69. The summed E-state index contributed by atoms with van der Waals surface area (Å²) in [7, 11) is 0. The van der Waals surface area contributed by atoms with E-state index in [1.54, 1.807) is 0 Å². The van der Waals surface area contributed by atoms with Gasteiger partial charge in [0.2, 0.25) is 0 Å². The lowest BCUT2D eigenvalue weighted by atomic mass is 10.2. The van der Waals surface area contributed by atoms with Gasteiger partial charge in [0.05, 0.1) is 11.0 Å². The Balaban J connectivity index is 2.28. The Kier molecular flexibility index (Phi) is 3.75. The van der Waals surface area contributed by atoms with Crippen LogP contribution in [0.2, 0.25) is 0 Å². The number of aryl methyl sites for hydroxylation is 1. The van der Waals surface area contributed by atoms with Gasteiger partial charge >= 0.3 is 0 Å². The zero-order chi connectivity index (χ0) is 13.2. The molecule has 3 rings (SSSR count). The van der Waals surface area contributed by atoms with Crippen molar-refractivity contribution < 1.29 is 0 Å². The predicted molar refractivity (Wildman–Crippen MR) is 88.2 cm³/mol. The van der Waals surface area contributed by atoms with Crippen molar-refractivity contribution in [3.63, 3.8) is 0 Å². The van der Waals surface area contributed by atoms with Crippen LogP contribution in [0.3, 0.4) is 0 Å². The number of fused-ring (bicyclic) bond motifs is 1. The third-order valence-corrected chi connectivity index (χ3v) is 3.88. The average Bonchev–Trinajstić information content (AvgIpc) is 2.77. The molecule has 0 aliphatic heterocycles. The molecule has 1 aromatic heterocycles. The van der Waals surface area contributed by atoms with Gasteiger partial charge in [-0.25, -0.2) is 4.98 Å². The second-order valence-corrected chi connectivity index (χ2v) is 5.89. The maximum absolute atomic E-state index is 5.90. The molecule has 0 saturated heterocycles. The summed E-state index contributed by atoms with van der Waals surface area (Å²) in [5.74, 6) is 1.59. The Bertz CT molecular complexity index is 707. The van der Waals surface area contributed by atoms with Gasteiger partial charge in [0, 0.05) is 21.6 Å². The highest BCUT2D eigenvalue weighted by Crippen LogP contribution is 2.23. The smallest absolute Gasteiger partial charge is 0.115 e. The van der Waals surface area contributed by atoms with E-state index >= 15 is 0 Å². The number of hydrogen-bond donors (Lipinski definition) is 0. The SMILES string of the molecule is ClCCc1nc2cc(I)ccc2n1-c1ccccc1. The molecule has 4 heteroatoms. The maximum Gasteiger partial charge on any atom is 0.115 e. The molecule has 0 aliphatic carbocycles. The molecule has 0 amide bonds. The van der Waals surface area contributed by atoms with E-state index in [0.717, 1.165) is 29.0 Å². The largest absolute Gasteiger partial charge is 0.296 e.